The van der Waals surface area contributed by atoms with Gasteiger partial charge in [-0.25, -0.2) is 0 Å². The zero-order chi connectivity index (χ0) is 18.4. The van der Waals surface area contributed by atoms with Crippen molar-refractivity contribution in [2.75, 3.05) is 6.61 Å². The second-order valence-corrected chi connectivity index (χ2v) is 6.79. The van der Waals surface area contributed by atoms with Gasteiger partial charge in [-0.15, -0.1) is 0 Å². The van der Waals surface area contributed by atoms with Gasteiger partial charge in [0.05, 0.1) is 6.61 Å². The van der Waals surface area contributed by atoms with Crippen molar-refractivity contribution in [3.63, 3.8) is 0 Å². The standard InChI is InChI=1S/C18H25N5O3/c24-11-16(18(26)19-13-6-4-2-1-3-5-7-13)20-17(25)12-8-9-14-15(10-12)22-23-21-14/h8-10,13,16,24H,1-7,11H2,(H,19,26)(H,20,25)(H,21,22,23). The number of aromatic amines is 1. The van der Waals surface area contributed by atoms with Crippen molar-refractivity contribution in [3.8, 4) is 0 Å². The summed E-state index contributed by atoms with van der Waals surface area (Å²) in [5.74, 6) is -0.768. The number of nitrogens with zero attached hydrogens (tertiary/aromatic N) is 2. The van der Waals surface area contributed by atoms with Gasteiger partial charge in [-0.05, 0) is 31.0 Å². The highest BCUT2D eigenvalue weighted by Gasteiger charge is 2.23. The van der Waals surface area contributed by atoms with Gasteiger partial charge in [0.15, 0.2) is 0 Å². The fourth-order valence-corrected chi connectivity index (χ4v) is 3.32. The third kappa shape index (κ3) is 4.57. The van der Waals surface area contributed by atoms with Crippen LogP contribution in [0.15, 0.2) is 18.2 Å². The molecule has 1 aliphatic rings. The molecule has 0 spiro atoms. The average Bonchev–Trinajstić information content (AvgIpc) is 3.09. The van der Waals surface area contributed by atoms with Crippen molar-refractivity contribution < 1.29 is 14.7 Å². The lowest BCUT2D eigenvalue weighted by Gasteiger charge is -2.24. The molecule has 3 rings (SSSR count). The van der Waals surface area contributed by atoms with Crippen LogP contribution in [0, 0.1) is 0 Å². The minimum Gasteiger partial charge on any atom is -0.394 e. The first kappa shape index (κ1) is 18.3. The lowest BCUT2D eigenvalue weighted by molar-refractivity contribution is -0.124. The normalized spacial score (nSPS) is 17.3. The van der Waals surface area contributed by atoms with E-state index >= 15 is 0 Å². The summed E-state index contributed by atoms with van der Waals surface area (Å²) >= 11 is 0. The van der Waals surface area contributed by atoms with Gasteiger partial charge >= 0.3 is 0 Å². The average molecular weight is 359 g/mol. The first-order valence-corrected chi connectivity index (χ1v) is 9.20. The smallest absolute Gasteiger partial charge is 0.252 e. The molecular weight excluding hydrogens is 334 g/mol. The molecule has 4 N–H and O–H groups in total. The van der Waals surface area contributed by atoms with Crippen molar-refractivity contribution in [1.29, 1.82) is 0 Å². The molecule has 1 fully saturated rings. The van der Waals surface area contributed by atoms with Gasteiger partial charge in [-0.2, -0.15) is 15.4 Å². The third-order valence-corrected chi connectivity index (χ3v) is 4.83. The summed E-state index contributed by atoms with van der Waals surface area (Å²) in [5, 5.41) is 25.5. The van der Waals surface area contributed by atoms with E-state index in [4.69, 9.17) is 0 Å². The zero-order valence-electron chi connectivity index (χ0n) is 14.7. The molecule has 0 radical (unpaired) electrons. The van der Waals surface area contributed by atoms with Crippen LogP contribution in [-0.2, 0) is 4.79 Å². The maximum atomic E-state index is 12.5. The van der Waals surface area contributed by atoms with E-state index in [0.717, 1.165) is 25.7 Å². The van der Waals surface area contributed by atoms with Gasteiger partial charge in [0.25, 0.3) is 5.91 Å². The summed E-state index contributed by atoms with van der Waals surface area (Å²) in [5.41, 5.74) is 1.59. The van der Waals surface area contributed by atoms with Crippen molar-refractivity contribution in [2.45, 2.75) is 57.0 Å². The number of carbonyl (C=O) groups excluding carboxylic acids is 2. The third-order valence-electron chi connectivity index (χ3n) is 4.83. The second kappa shape index (κ2) is 8.75. The fourth-order valence-electron chi connectivity index (χ4n) is 3.32. The van der Waals surface area contributed by atoms with E-state index in [1.165, 1.54) is 19.3 Å². The van der Waals surface area contributed by atoms with Crippen molar-refractivity contribution in [1.82, 2.24) is 26.0 Å². The molecule has 2 amide bonds. The topological polar surface area (TPSA) is 120 Å². The SMILES string of the molecule is O=C(NC(CO)C(=O)NC1CCCCCCC1)c1ccc2n[nH]nc2c1. The molecule has 8 heteroatoms. The van der Waals surface area contributed by atoms with E-state index < -0.39 is 18.6 Å². The van der Waals surface area contributed by atoms with E-state index in [9.17, 15) is 14.7 Å². The van der Waals surface area contributed by atoms with E-state index in [2.05, 4.69) is 26.0 Å². The Kier molecular flexibility index (Phi) is 6.17. The molecule has 1 aliphatic carbocycles. The molecule has 8 nitrogen and oxygen atoms in total. The van der Waals surface area contributed by atoms with Crippen molar-refractivity contribution in [2.24, 2.45) is 0 Å². The first-order valence-electron chi connectivity index (χ1n) is 9.20. The zero-order valence-corrected chi connectivity index (χ0v) is 14.7. The molecule has 1 atom stereocenters. The predicted molar refractivity (Wildman–Crippen MR) is 96.5 cm³/mol. The molecule has 0 aliphatic heterocycles. The number of amides is 2. The van der Waals surface area contributed by atoms with Crippen LogP contribution in [0.2, 0.25) is 0 Å². The van der Waals surface area contributed by atoms with Crippen LogP contribution in [0.5, 0.6) is 0 Å². The Hall–Kier alpha value is -2.48. The van der Waals surface area contributed by atoms with Crippen molar-refractivity contribution >= 4 is 22.8 Å². The highest BCUT2D eigenvalue weighted by atomic mass is 16.3. The molecule has 1 aromatic carbocycles. The van der Waals surface area contributed by atoms with E-state index in [1.807, 2.05) is 0 Å². The number of aliphatic hydroxyl groups is 1. The van der Waals surface area contributed by atoms with Gasteiger partial charge in [-0.3, -0.25) is 9.59 Å². The van der Waals surface area contributed by atoms with E-state index in [1.54, 1.807) is 18.2 Å². The minimum absolute atomic E-state index is 0.111. The van der Waals surface area contributed by atoms with Gasteiger partial charge in [0.1, 0.15) is 17.1 Å². The Morgan fingerprint density at radius 1 is 1.12 bits per heavy atom. The molecule has 2 aromatic rings. The molecule has 1 aromatic heterocycles. The molecule has 0 saturated heterocycles. The van der Waals surface area contributed by atoms with Crippen LogP contribution in [0.3, 0.4) is 0 Å². The minimum atomic E-state index is -0.971. The van der Waals surface area contributed by atoms with Crippen LogP contribution in [-0.4, -0.2) is 51.0 Å². The monoisotopic (exact) mass is 359 g/mol. The largest absolute Gasteiger partial charge is 0.394 e. The van der Waals surface area contributed by atoms with Crippen LogP contribution < -0.4 is 10.6 Å². The lowest BCUT2D eigenvalue weighted by Crippen LogP contribution is -2.51. The Morgan fingerprint density at radius 3 is 2.54 bits per heavy atom. The highest BCUT2D eigenvalue weighted by Crippen LogP contribution is 2.17. The summed E-state index contributed by atoms with van der Waals surface area (Å²) in [4.78, 5) is 24.9. The van der Waals surface area contributed by atoms with Gasteiger partial charge in [0, 0.05) is 11.6 Å². The molecule has 0 bridgehead atoms. The maximum absolute atomic E-state index is 12.5. The van der Waals surface area contributed by atoms with E-state index in [-0.39, 0.29) is 11.9 Å². The summed E-state index contributed by atoms with van der Waals surface area (Å²) in [6, 6.07) is 4.02. The number of hydrogen-bond donors (Lipinski definition) is 4. The number of aliphatic hydroxyl groups excluding tert-OH is 1. The number of nitrogens with one attached hydrogen (secondary N) is 3. The maximum Gasteiger partial charge on any atom is 0.252 e. The van der Waals surface area contributed by atoms with Crippen LogP contribution in [0.4, 0.5) is 0 Å². The Balaban J connectivity index is 1.59. The van der Waals surface area contributed by atoms with Gasteiger partial charge in [-0.1, -0.05) is 32.1 Å². The summed E-state index contributed by atoms with van der Waals surface area (Å²) in [6.07, 6.45) is 7.72. The molecule has 140 valence electrons. The van der Waals surface area contributed by atoms with Crippen LogP contribution in [0.25, 0.3) is 11.0 Å². The summed E-state index contributed by atoms with van der Waals surface area (Å²) < 4.78 is 0. The van der Waals surface area contributed by atoms with E-state index in [0.29, 0.717) is 16.6 Å². The van der Waals surface area contributed by atoms with Gasteiger partial charge in [0.2, 0.25) is 5.91 Å². The fraction of sp³-hybridized carbons (Fsp3) is 0.556. The molecule has 1 heterocycles. The molecule has 1 unspecified atom stereocenters. The number of H-pyrrole nitrogens is 1. The quantitative estimate of drug-likeness (QED) is 0.641. The van der Waals surface area contributed by atoms with Crippen LogP contribution >= 0.6 is 0 Å². The first-order chi connectivity index (χ1) is 12.7. The number of fused-ring (bicyclic) bond motifs is 1. The number of aromatic nitrogens is 3. The van der Waals surface area contributed by atoms with Crippen LogP contribution in [0.1, 0.15) is 55.3 Å². The second-order valence-electron chi connectivity index (χ2n) is 6.79. The number of benzene rings is 1. The number of hydrogen-bond acceptors (Lipinski definition) is 5. The molecular formula is C18H25N5O3. The summed E-state index contributed by atoms with van der Waals surface area (Å²) in [7, 11) is 0. The Labute approximate surface area is 151 Å². The molecule has 1 saturated carbocycles. The summed E-state index contributed by atoms with van der Waals surface area (Å²) in [6.45, 7) is -0.448. The number of carbonyl (C=O) groups is 2. The molecule has 26 heavy (non-hydrogen) atoms. The lowest BCUT2D eigenvalue weighted by atomic mass is 9.96. The highest BCUT2D eigenvalue weighted by molar-refractivity contribution is 5.99. The Morgan fingerprint density at radius 2 is 1.81 bits per heavy atom. The van der Waals surface area contributed by atoms with Crippen molar-refractivity contribution in [3.05, 3.63) is 23.8 Å². The van der Waals surface area contributed by atoms with Gasteiger partial charge < -0.3 is 15.7 Å². The Bertz CT molecular complexity index is 752. The number of rotatable bonds is 5. The predicted octanol–water partition coefficient (Wildman–Crippen LogP) is 1.28.